The zero-order valence-electron chi connectivity index (χ0n) is 15.3. The van der Waals surface area contributed by atoms with E-state index in [1.54, 1.807) is 25.1 Å². The third-order valence-corrected chi connectivity index (χ3v) is 6.49. The molecule has 2 aromatic rings. The summed E-state index contributed by atoms with van der Waals surface area (Å²) in [5.41, 5.74) is 1.51. The Balaban J connectivity index is 1.57. The number of halogens is 2. The molecule has 2 aliphatic heterocycles. The van der Waals surface area contributed by atoms with Gasteiger partial charge in [0.25, 0.3) is 10.0 Å². The predicted molar refractivity (Wildman–Crippen MR) is 106 cm³/mol. The summed E-state index contributed by atoms with van der Waals surface area (Å²) < 4.78 is 56.4. The van der Waals surface area contributed by atoms with Crippen molar-refractivity contribution in [2.24, 2.45) is 4.40 Å². The highest BCUT2D eigenvalue weighted by Gasteiger charge is 2.34. The second-order valence-corrected chi connectivity index (χ2v) is 8.32. The molecule has 146 valence electrons. The van der Waals surface area contributed by atoms with Gasteiger partial charge in [0, 0.05) is 31.8 Å². The SMILES string of the molecule is CC1=C(c2ccc(F)cc2)S(=O)(=O)N=C1N1CCN(c2ccccc2F)CC1. The standard InChI is InChI=1S/C20H19F2N3O2S/c1-14-19(15-6-8-16(21)9-7-15)28(26,27)23-20(14)25-12-10-24(11-13-25)18-5-3-2-4-17(18)22/h2-9H,10-13H2,1H3. The number of anilines is 1. The van der Waals surface area contributed by atoms with E-state index in [0.717, 1.165) is 0 Å². The molecule has 0 aromatic heterocycles. The maximum absolute atomic E-state index is 14.0. The quantitative estimate of drug-likeness (QED) is 0.773. The highest BCUT2D eigenvalue weighted by atomic mass is 32.2. The number of rotatable bonds is 2. The average Bonchev–Trinajstić information content (AvgIpc) is 2.92. The Morgan fingerprint density at radius 3 is 2.14 bits per heavy atom. The van der Waals surface area contributed by atoms with E-state index in [1.165, 1.54) is 30.3 Å². The molecule has 0 saturated carbocycles. The lowest BCUT2D eigenvalue weighted by Crippen LogP contribution is -2.49. The van der Waals surface area contributed by atoms with Gasteiger partial charge in [-0.3, -0.25) is 0 Å². The number of hydrogen-bond acceptors (Lipinski definition) is 4. The number of sulfonamides is 1. The molecule has 8 heteroatoms. The molecule has 2 aliphatic rings. The first-order valence-electron chi connectivity index (χ1n) is 8.93. The van der Waals surface area contributed by atoms with E-state index in [0.29, 0.717) is 48.8 Å². The molecule has 1 fully saturated rings. The van der Waals surface area contributed by atoms with Crippen molar-refractivity contribution >= 4 is 26.5 Å². The van der Waals surface area contributed by atoms with Crippen molar-refractivity contribution in [3.05, 3.63) is 71.3 Å². The molecule has 0 N–H and O–H groups in total. The highest BCUT2D eigenvalue weighted by Crippen LogP contribution is 2.34. The first-order chi connectivity index (χ1) is 13.4. The van der Waals surface area contributed by atoms with Crippen molar-refractivity contribution in [3.63, 3.8) is 0 Å². The summed E-state index contributed by atoms with van der Waals surface area (Å²) >= 11 is 0. The molecule has 2 heterocycles. The molecular formula is C20H19F2N3O2S. The van der Waals surface area contributed by atoms with Crippen LogP contribution in [0.4, 0.5) is 14.5 Å². The van der Waals surface area contributed by atoms with Crippen LogP contribution in [0.25, 0.3) is 4.91 Å². The second-order valence-electron chi connectivity index (χ2n) is 6.78. The minimum absolute atomic E-state index is 0.110. The van der Waals surface area contributed by atoms with E-state index < -0.39 is 15.8 Å². The summed E-state index contributed by atoms with van der Waals surface area (Å²) in [5, 5.41) is 0. The molecule has 1 saturated heterocycles. The van der Waals surface area contributed by atoms with Gasteiger partial charge in [-0.25, -0.2) is 8.78 Å². The maximum atomic E-state index is 14.0. The van der Waals surface area contributed by atoms with Crippen molar-refractivity contribution in [1.82, 2.24) is 4.90 Å². The Labute approximate surface area is 162 Å². The van der Waals surface area contributed by atoms with Gasteiger partial charge in [0.05, 0.1) is 5.69 Å². The van der Waals surface area contributed by atoms with Gasteiger partial charge in [0.2, 0.25) is 0 Å². The molecule has 0 radical (unpaired) electrons. The normalized spacial score (nSPS) is 19.2. The minimum Gasteiger partial charge on any atom is -0.366 e. The summed E-state index contributed by atoms with van der Waals surface area (Å²) in [7, 11) is -3.84. The molecule has 5 nitrogen and oxygen atoms in total. The van der Waals surface area contributed by atoms with E-state index in [4.69, 9.17) is 0 Å². The Kier molecular flexibility index (Phi) is 4.66. The van der Waals surface area contributed by atoms with Crippen LogP contribution in [0.2, 0.25) is 0 Å². The summed E-state index contributed by atoms with van der Waals surface area (Å²) in [5.74, 6) is -0.290. The van der Waals surface area contributed by atoms with Crippen molar-refractivity contribution in [1.29, 1.82) is 0 Å². The van der Waals surface area contributed by atoms with Crippen LogP contribution >= 0.6 is 0 Å². The molecule has 28 heavy (non-hydrogen) atoms. The third kappa shape index (κ3) is 3.28. The number of benzene rings is 2. The number of hydrogen-bond donors (Lipinski definition) is 0. The fourth-order valence-electron chi connectivity index (χ4n) is 3.65. The van der Waals surface area contributed by atoms with Gasteiger partial charge in [-0.05, 0) is 36.8 Å². The van der Waals surface area contributed by atoms with Crippen molar-refractivity contribution in [2.45, 2.75) is 6.92 Å². The van der Waals surface area contributed by atoms with Crippen molar-refractivity contribution < 1.29 is 17.2 Å². The number of piperazine rings is 1. The lowest BCUT2D eigenvalue weighted by atomic mass is 10.1. The third-order valence-electron chi connectivity index (χ3n) is 5.02. The van der Waals surface area contributed by atoms with E-state index in [-0.39, 0.29) is 10.7 Å². The first-order valence-corrected chi connectivity index (χ1v) is 10.4. The zero-order chi connectivity index (χ0) is 19.9. The molecule has 0 atom stereocenters. The Morgan fingerprint density at radius 2 is 1.50 bits per heavy atom. The second kappa shape index (κ2) is 7.01. The van der Waals surface area contributed by atoms with Crippen LogP contribution in [0.15, 0.2) is 58.5 Å². The lowest BCUT2D eigenvalue weighted by Gasteiger charge is -2.37. The molecule has 0 aliphatic carbocycles. The van der Waals surface area contributed by atoms with Gasteiger partial charge in [-0.15, -0.1) is 4.40 Å². The molecule has 4 rings (SSSR count). The maximum Gasteiger partial charge on any atom is 0.285 e. The van der Waals surface area contributed by atoms with Gasteiger partial charge in [-0.1, -0.05) is 24.3 Å². The van der Waals surface area contributed by atoms with Crippen LogP contribution in [0, 0.1) is 11.6 Å². The van der Waals surface area contributed by atoms with Crippen molar-refractivity contribution in [2.75, 3.05) is 31.1 Å². The Bertz CT molecular complexity index is 1070. The van der Waals surface area contributed by atoms with Crippen LogP contribution in [-0.2, 0) is 10.0 Å². The van der Waals surface area contributed by atoms with Crippen molar-refractivity contribution in [3.8, 4) is 0 Å². The molecule has 2 aromatic carbocycles. The van der Waals surface area contributed by atoms with Gasteiger partial charge < -0.3 is 9.80 Å². The summed E-state index contributed by atoms with van der Waals surface area (Å²) in [6, 6.07) is 12.0. The van der Waals surface area contributed by atoms with Gasteiger partial charge in [0.15, 0.2) is 0 Å². The average molecular weight is 403 g/mol. The van der Waals surface area contributed by atoms with E-state index in [9.17, 15) is 17.2 Å². The predicted octanol–water partition coefficient (Wildman–Crippen LogP) is 3.26. The topological polar surface area (TPSA) is 53.0 Å². The Hall–Kier alpha value is -2.74. The van der Waals surface area contributed by atoms with Crippen LogP contribution in [-0.4, -0.2) is 45.3 Å². The molecule has 0 unspecified atom stereocenters. The summed E-state index contributed by atoms with van der Waals surface area (Å²) in [6.45, 7) is 3.87. The number of nitrogens with zero attached hydrogens (tertiary/aromatic N) is 3. The summed E-state index contributed by atoms with van der Waals surface area (Å²) in [4.78, 5) is 3.95. The van der Waals surface area contributed by atoms with Crippen LogP contribution in [0.1, 0.15) is 12.5 Å². The molecule has 0 bridgehead atoms. The van der Waals surface area contributed by atoms with Crippen LogP contribution in [0.5, 0.6) is 0 Å². The number of para-hydroxylation sites is 1. The van der Waals surface area contributed by atoms with Gasteiger partial charge in [0.1, 0.15) is 22.4 Å². The largest absolute Gasteiger partial charge is 0.366 e. The minimum atomic E-state index is -3.84. The monoisotopic (exact) mass is 403 g/mol. The smallest absolute Gasteiger partial charge is 0.285 e. The van der Waals surface area contributed by atoms with Gasteiger partial charge >= 0.3 is 0 Å². The van der Waals surface area contributed by atoms with Crippen LogP contribution < -0.4 is 4.90 Å². The number of amidine groups is 1. The fraction of sp³-hybridized carbons (Fsp3) is 0.250. The first kappa shape index (κ1) is 18.6. The molecule has 0 spiro atoms. The van der Waals surface area contributed by atoms with Crippen LogP contribution in [0.3, 0.4) is 0 Å². The highest BCUT2D eigenvalue weighted by molar-refractivity contribution is 8.00. The zero-order valence-corrected chi connectivity index (χ0v) is 16.1. The summed E-state index contributed by atoms with van der Waals surface area (Å²) in [6.07, 6.45) is 0. The fourth-order valence-corrected chi connectivity index (χ4v) is 5.14. The molecular weight excluding hydrogens is 384 g/mol. The lowest BCUT2D eigenvalue weighted by molar-refractivity contribution is 0.384. The van der Waals surface area contributed by atoms with E-state index in [2.05, 4.69) is 4.40 Å². The molecule has 0 amide bonds. The van der Waals surface area contributed by atoms with E-state index >= 15 is 0 Å². The Morgan fingerprint density at radius 1 is 0.893 bits per heavy atom. The van der Waals surface area contributed by atoms with E-state index in [1.807, 2.05) is 9.80 Å². The van der Waals surface area contributed by atoms with Gasteiger partial charge in [-0.2, -0.15) is 8.42 Å².